The summed E-state index contributed by atoms with van der Waals surface area (Å²) in [6.45, 7) is 4.26. The number of imide groups is 1. The molecule has 3 atom stereocenters. The van der Waals surface area contributed by atoms with Gasteiger partial charge in [0.1, 0.15) is 6.10 Å². The van der Waals surface area contributed by atoms with Gasteiger partial charge in [0.15, 0.2) is 0 Å². The molecule has 4 amide bonds. The zero-order valence-electron chi connectivity index (χ0n) is 13.0. The number of amides is 4. The molecule has 22 heavy (non-hydrogen) atoms. The highest BCUT2D eigenvalue weighted by Crippen LogP contribution is 2.13. The van der Waals surface area contributed by atoms with Gasteiger partial charge in [0, 0.05) is 20.2 Å². The molecule has 9 nitrogen and oxygen atoms in total. The van der Waals surface area contributed by atoms with Crippen molar-refractivity contribution in [2.45, 2.75) is 32.1 Å². The molecular weight excluding hydrogens is 292 g/mol. The Labute approximate surface area is 129 Å². The number of carbonyl (C=O) groups is 3. The summed E-state index contributed by atoms with van der Waals surface area (Å²) in [4.78, 5) is 35.8. The van der Waals surface area contributed by atoms with Gasteiger partial charge in [-0.3, -0.25) is 19.8 Å². The van der Waals surface area contributed by atoms with Crippen molar-refractivity contribution in [1.29, 1.82) is 0 Å². The lowest BCUT2D eigenvalue weighted by Gasteiger charge is -2.21. The minimum Gasteiger partial charge on any atom is -0.383 e. The largest absolute Gasteiger partial charge is 0.383 e. The Kier molecular flexibility index (Phi) is 6.72. The number of nitrogens with one attached hydrogen (secondary N) is 2. The molecule has 1 heterocycles. The molecule has 0 aromatic rings. The SMILES string of the molecule is CO[C@@H]1CN(CC(=O)NC(N)=O)C[C@H]1NC(=O)[C@H](O)C(C)C. The van der Waals surface area contributed by atoms with Crippen LogP contribution >= 0.6 is 0 Å². The average molecular weight is 316 g/mol. The standard InChI is InChI=1S/C13H24N4O5/c1-7(2)11(19)12(20)15-8-4-17(5-9(8)22-3)6-10(18)16-13(14)21/h7-9,11,19H,4-6H2,1-3H3,(H,15,20)(H3,14,16,18,21)/t8-,9-,11-/m1/s1. The molecule has 126 valence electrons. The van der Waals surface area contributed by atoms with Crippen LogP contribution < -0.4 is 16.4 Å². The second-order valence-electron chi connectivity index (χ2n) is 5.68. The summed E-state index contributed by atoms with van der Waals surface area (Å²) in [7, 11) is 1.51. The van der Waals surface area contributed by atoms with Crippen LogP contribution in [-0.4, -0.2) is 72.8 Å². The van der Waals surface area contributed by atoms with Gasteiger partial charge in [0.2, 0.25) is 11.8 Å². The maximum atomic E-state index is 11.9. The van der Waals surface area contributed by atoms with E-state index in [0.717, 1.165) is 0 Å². The molecule has 0 unspecified atom stereocenters. The number of nitrogens with zero attached hydrogens (tertiary/aromatic N) is 1. The Balaban J connectivity index is 2.56. The summed E-state index contributed by atoms with van der Waals surface area (Å²) in [6, 6.07) is -1.25. The van der Waals surface area contributed by atoms with E-state index in [-0.39, 0.29) is 24.6 Å². The molecule has 1 aliphatic heterocycles. The maximum absolute atomic E-state index is 11.9. The van der Waals surface area contributed by atoms with Crippen LogP contribution in [0, 0.1) is 5.92 Å². The van der Waals surface area contributed by atoms with Crippen LogP contribution in [0.3, 0.4) is 0 Å². The Morgan fingerprint density at radius 3 is 2.50 bits per heavy atom. The molecule has 1 aliphatic rings. The summed E-state index contributed by atoms with van der Waals surface area (Å²) in [5.41, 5.74) is 4.88. The van der Waals surface area contributed by atoms with Crippen LogP contribution in [0.15, 0.2) is 0 Å². The van der Waals surface area contributed by atoms with E-state index in [4.69, 9.17) is 10.5 Å². The molecule has 0 aromatic heterocycles. The van der Waals surface area contributed by atoms with E-state index in [1.807, 2.05) is 5.32 Å². The lowest BCUT2D eigenvalue weighted by molar-refractivity contribution is -0.132. The maximum Gasteiger partial charge on any atom is 0.318 e. The molecule has 0 spiro atoms. The van der Waals surface area contributed by atoms with E-state index in [9.17, 15) is 19.5 Å². The minimum atomic E-state index is -1.09. The highest BCUT2D eigenvalue weighted by Gasteiger charge is 2.36. The zero-order valence-corrected chi connectivity index (χ0v) is 13.0. The van der Waals surface area contributed by atoms with E-state index < -0.39 is 23.9 Å². The van der Waals surface area contributed by atoms with Crippen molar-refractivity contribution in [2.75, 3.05) is 26.7 Å². The van der Waals surface area contributed by atoms with E-state index in [1.54, 1.807) is 18.7 Å². The van der Waals surface area contributed by atoms with E-state index in [2.05, 4.69) is 5.32 Å². The predicted molar refractivity (Wildman–Crippen MR) is 77.7 cm³/mol. The third-order valence-electron chi connectivity index (χ3n) is 3.50. The van der Waals surface area contributed by atoms with Crippen LogP contribution in [0.2, 0.25) is 0 Å². The van der Waals surface area contributed by atoms with E-state index in [1.165, 1.54) is 7.11 Å². The molecule has 1 rings (SSSR count). The molecular formula is C13H24N4O5. The Morgan fingerprint density at radius 2 is 2.00 bits per heavy atom. The number of carbonyl (C=O) groups excluding carboxylic acids is 3. The highest BCUT2D eigenvalue weighted by molar-refractivity contribution is 5.94. The van der Waals surface area contributed by atoms with Crippen molar-refractivity contribution in [2.24, 2.45) is 11.7 Å². The molecule has 9 heteroatoms. The van der Waals surface area contributed by atoms with Crippen molar-refractivity contribution in [3.05, 3.63) is 0 Å². The summed E-state index contributed by atoms with van der Waals surface area (Å²) >= 11 is 0. The summed E-state index contributed by atoms with van der Waals surface area (Å²) in [5, 5.41) is 14.5. The van der Waals surface area contributed by atoms with Gasteiger partial charge in [-0.05, 0) is 5.92 Å². The molecule has 0 saturated carbocycles. The minimum absolute atomic E-state index is 0.0259. The Bertz CT molecular complexity index is 429. The number of hydrogen-bond donors (Lipinski definition) is 4. The number of likely N-dealkylation sites (tertiary alicyclic amines) is 1. The lowest BCUT2D eigenvalue weighted by atomic mass is 10.1. The lowest BCUT2D eigenvalue weighted by Crippen LogP contribution is -2.49. The first kappa shape index (κ1) is 18.3. The van der Waals surface area contributed by atoms with Gasteiger partial charge in [0.25, 0.3) is 0 Å². The van der Waals surface area contributed by atoms with Crippen molar-refractivity contribution in [3.8, 4) is 0 Å². The molecule has 0 aliphatic carbocycles. The smallest absolute Gasteiger partial charge is 0.318 e. The topological polar surface area (TPSA) is 134 Å². The number of aliphatic hydroxyl groups is 1. The first-order chi connectivity index (χ1) is 10.2. The first-order valence-electron chi connectivity index (χ1n) is 7.07. The van der Waals surface area contributed by atoms with Gasteiger partial charge in [-0.1, -0.05) is 13.8 Å². The number of ether oxygens (including phenoxy) is 1. The fourth-order valence-corrected chi connectivity index (χ4v) is 2.31. The van der Waals surface area contributed by atoms with Gasteiger partial charge in [-0.2, -0.15) is 0 Å². The van der Waals surface area contributed by atoms with Crippen LogP contribution in [-0.2, 0) is 14.3 Å². The number of aliphatic hydroxyl groups excluding tert-OH is 1. The number of rotatable bonds is 6. The molecule has 5 N–H and O–H groups in total. The fourth-order valence-electron chi connectivity index (χ4n) is 2.31. The van der Waals surface area contributed by atoms with E-state index in [0.29, 0.717) is 13.1 Å². The van der Waals surface area contributed by atoms with E-state index >= 15 is 0 Å². The van der Waals surface area contributed by atoms with Gasteiger partial charge in [0.05, 0.1) is 18.7 Å². The zero-order chi connectivity index (χ0) is 16.9. The second-order valence-corrected chi connectivity index (χ2v) is 5.68. The van der Waals surface area contributed by atoms with Gasteiger partial charge in [-0.25, -0.2) is 4.79 Å². The first-order valence-corrected chi connectivity index (χ1v) is 7.07. The molecule has 1 fully saturated rings. The Hall–Kier alpha value is -1.71. The molecule has 1 saturated heterocycles. The van der Waals surface area contributed by atoms with Gasteiger partial charge in [-0.15, -0.1) is 0 Å². The van der Waals surface area contributed by atoms with Gasteiger partial charge >= 0.3 is 6.03 Å². The number of methoxy groups -OCH3 is 1. The van der Waals surface area contributed by atoms with Crippen LogP contribution in [0.5, 0.6) is 0 Å². The third kappa shape index (κ3) is 5.24. The third-order valence-corrected chi connectivity index (χ3v) is 3.50. The van der Waals surface area contributed by atoms with Crippen molar-refractivity contribution in [3.63, 3.8) is 0 Å². The summed E-state index contributed by atoms with van der Waals surface area (Å²) in [6.07, 6.45) is -1.39. The number of nitrogens with two attached hydrogens (primary N) is 1. The Morgan fingerprint density at radius 1 is 1.36 bits per heavy atom. The van der Waals surface area contributed by atoms with Crippen LogP contribution in [0.25, 0.3) is 0 Å². The number of hydrogen-bond acceptors (Lipinski definition) is 6. The number of primary amides is 1. The average Bonchev–Trinajstić information content (AvgIpc) is 2.78. The van der Waals surface area contributed by atoms with Crippen molar-refractivity contribution in [1.82, 2.24) is 15.5 Å². The van der Waals surface area contributed by atoms with Crippen LogP contribution in [0.4, 0.5) is 4.79 Å². The second kappa shape index (κ2) is 8.06. The normalized spacial score (nSPS) is 23.3. The van der Waals surface area contributed by atoms with Crippen molar-refractivity contribution < 1.29 is 24.2 Å². The number of urea groups is 1. The van der Waals surface area contributed by atoms with Crippen LogP contribution in [0.1, 0.15) is 13.8 Å². The van der Waals surface area contributed by atoms with Gasteiger partial charge < -0.3 is 20.9 Å². The summed E-state index contributed by atoms with van der Waals surface area (Å²) in [5.74, 6) is -1.18. The summed E-state index contributed by atoms with van der Waals surface area (Å²) < 4.78 is 5.30. The quantitative estimate of drug-likeness (QED) is 0.448. The fraction of sp³-hybridized carbons (Fsp3) is 0.769. The molecule has 0 radical (unpaired) electrons. The molecule has 0 bridgehead atoms. The monoisotopic (exact) mass is 316 g/mol. The van der Waals surface area contributed by atoms with Crippen molar-refractivity contribution >= 4 is 17.8 Å². The predicted octanol–water partition coefficient (Wildman–Crippen LogP) is -1.99. The highest BCUT2D eigenvalue weighted by atomic mass is 16.5. The molecule has 0 aromatic carbocycles.